The first-order valence-electron chi connectivity index (χ1n) is 11.3. The molecule has 2 heterocycles. The zero-order valence-electron chi connectivity index (χ0n) is 20.1. The van der Waals surface area contributed by atoms with E-state index < -0.39 is 17.2 Å². The minimum atomic E-state index is -1.48. The lowest BCUT2D eigenvalue weighted by atomic mass is 9.91. The van der Waals surface area contributed by atoms with Crippen LogP contribution in [0.2, 0.25) is 0 Å². The maximum Gasteiger partial charge on any atom is 0.254 e. The van der Waals surface area contributed by atoms with Gasteiger partial charge in [-0.15, -0.1) is 22.7 Å². The van der Waals surface area contributed by atoms with Crippen molar-refractivity contribution in [2.45, 2.75) is 13.8 Å². The Morgan fingerprint density at radius 3 is 1.35 bits per heavy atom. The van der Waals surface area contributed by atoms with Crippen LogP contribution in [0.4, 0.5) is 11.4 Å². The molecule has 2 aromatic carbocycles. The number of thiocarbonyl (C=S) groups is 2. The maximum absolute atomic E-state index is 13.6. The molecule has 0 saturated heterocycles. The molecular weight excluding hydrogens is 541 g/mol. The zero-order chi connectivity index (χ0) is 26.4. The standard InChI is InChI=1S/C27H24N4O2S4/c1-27(2,25(32)28-30(19-11-5-3-6-12-19)23(34)21-15-9-17-36-21)26(33)29-31(20-13-7-4-8-14-20)24(35)22-16-10-18-37-22/h3-18H,1-2H3,(H,28,32)(H,29,33). The van der Waals surface area contributed by atoms with E-state index in [0.29, 0.717) is 21.4 Å². The summed E-state index contributed by atoms with van der Waals surface area (Å²) in [7, 11) is 0. The lowest BCUT2D eigenvalue weighted by Gasteiger charge is -2.32. The van der Waals surface area contributed by atoms with Crippen molar-refractivity contribution in [1.82, 2.24) is 10.9 Å². The lowest BCUT2D eigenvalue weighted by Crippen LogP contribution is -2.58. The number of benzene rings is 2. The van der Waals surface area contributed by atoms with Gasteiger partial charge in [-0.1, -0.05) is 73.0 Å². The van der Waals surface area contributed by atoms with Crippen molar-refractivity contribution in [1.29, 1.82) is 0 Å². The highest BCUT2D eigenvalue weighted by Gasteiger charge is 2.39. The summed E-state index contributed by atoms with van der Waals surface area (Å²) in [5.74, 6) is -1.05. The van der Waals surface area contributed by atoms with Crippen molar-refractivity contribution < 1.29 is 9.59 Å². The third-order valence-corrected chi connectivity index (χ3v) is 8.28. The Morgan fingerprint density at radius 1 is 0.649 bits per heavy atom. The Bertz CT molecular complexity index is 1270. The molecule has 4 aromatic rings. The summed E-state index contributed by atoms with van der Waals surface area (Å²) in [5.41, 5.74) is 5.60. The van der Waals surface area contributed by atoms with E-state index in [9.17, 15) is 9.59 Å². The first-order valence-corrected chi connectivity index (χ1v) is 13.8. The van der Waals surface area contributed by atoms with Crippen LogP contribution < -0.4 is 20.9 Å². The van der Waals surface area contributed by atoms with Crippen molar-refractivity contribution in [3.05, 3.63) is 105 Å². The van der Waals surface area contributed by atoms with Gasteiger partial charge < -0.3 is 0 Å². The van der Waals surface area contributed by atoms with Gasteiger partial charge in [0.1, 0.15) is 15.4 Å². The molecule has 0 aliphatic heterocycles. The van der Waals surface area contributed by atoms with E-state index in [1.54, 1.807) is 13.8 Å². The molecular formula is C27H24N4O2S4. The third kappa shape index (κ3) is 6.11. The van der Waals surface area contributed by atoms with Gasteiger partial charge >= 0.3 is 0 Å². The van der Waals surface area contributed by atoms with Gasteiger partial charge in [0.15, 0.2) is 0 Å². The number of carbonyl (C=O) groups excluding carboxylic acids is 2. The van der Waals surface area contributed by atoms with Crippen LogP contribution >= 0.6 is 47.1 Å². The fourth-order valence-corrected chi connectivity index (χ4v) is 5.26. The predicted octanol–water partition coefficient (Wildman–Crippen LogP) is 5.96. The highest BCUT2D eigenvalue weighted by atomic mass is 32.1. The van der Waals surface area contributed by atoms with Gasteiger partial charge in [-0.25, -0.2) is 10.0 Å². The molecule has 37 heavy (non-hydrogen) atoms. The Morgan fingerprint density at radius 2 is 1.03 bits per heavy atom. The number of carbonyl (C=O) groups is 2. The third-order valence-electron chi connectivity index (χ3n) is 5.46. The van der Waals surface area contributed by atoms with Crippen LogP contribution in [0.5, 0.6) is 0 Å². The van der Waals surface area contributed by atoms with Crippen molar-refractivity contribution >= 4 is 80.3 Å². The van der Waals surface area contributed by atoms with Crippen LogP contribution in [0.3, 0.4) is 0 Å². The molecule has 0 aliphatic carbocycles. The fraction of sp³-hybridized carbons (Fsp3) is 0.111. The van der Waals surface area contributed by atoms with Crippen LogP contribution in [-0.4, -0.2) is 21.8 Å². The number of anilines is 2. The second-order valence-electron chi connectivity index (χ2n) is 8.41. The van der Waals surface area contributed by atoms with Gasteiger partial charge in [0.25, 0.3) is 11.8 Å². The van der Waals surface area contributed by atoms with E-state index >= 15 is 0 Å². The van der Waals surface area contributed by atoms with E-state index in [-0.39, 0.29) is 0 Å². The molecule has 0 spiro atoms. The first-order chi connectivity index (χ1) is 17.8. The minimum absolute atomic E-state index is 0.426. The van der Waals surface area contributed by atoms with E-state index in [1.165, 1.54) is 32.7 Å². The molecule has 0 radical (unpaired) electrons. The van der Waals surface area contributed by atoms with E-state index in [0.717, 1.165) is 9.75 Å². The van der Waals surface area contributed by atoms with Crippen LogP contribution in [-0.2, 0) is 9.59 Å². The van der Waals surface area contributed by atoms with Crippen molar-refractivity contribution in [3.63, 3.8) is 0 Å². The molecule has 2 aromatic heterocycles. The normalized spacial score (nSPS) is 10.9. The number of hydrogen-bond donors (Lipinski definition) is 2. The van der Waals surface area contributed by atoms with E-state index in [4.69, 9.17) is 24.4 Å². The van der Waals surface area contributed by atoms with Gasteiger partial charge in [-0.05, 0) is 61.0 Å². The van der Waals surface area contributed by atoms with Gasteiger partial charge in [0.2, 0.25) is 0 Å². The summed E-state index contributed by atoms with van der Waals surface area (Å²) < 4.78 is 0. The molecule has 0 fully saturated rings. The quantitative estimate of drug-likeness (QED) is 0.171. The molecule has 10 heteroatoms. The summed E-state index contributed by atoms with van der Waals surface area (Å²) in [4.78, 5) is 29.6. The van der Waals surface area contributed by atoms with Crippen molar-refractivity contribution in [3.8, 4) is 0 Å². The molecule has 2 amide bonds. The number of nitrogens with one attached hydrogen (secondary N) is 2. The monoisotopic (exact) mass is 564 g/mol. The second kappa shape index (κ2) is 11.7. The number of hydrogen-bond acceptors (Lipinski definition) is 6. The summed E-state index contributed by atoms with van der Waals surface area (Å²) in [6, 6.07) is 26.1. The van der Waals surface area contributed by atoms with Gasteiger partial charge in [-0.2, -0.15) is 0 Å². The number of hydrazine groups is 2. The van der Waals surface area contributed by atoms with Gasteiger partial charge in [-0.3, -0.25) is 20.4 Å². The number of para-hydroxylation sites is 2. The average molecular weight is 565 g/mol. The molecule has 4 rings (SSSR count). The zero-order valence-corrected chi connectivity index (χ0v) is 23.3. The lowest BCUT2D eigenvalue weighted by molar-refractivity contribution is -0.141. The van der Waals surface area contributed by atoms with Crippen LogP contribution in [0.1, 0.15) is 23.6 Å². The molecule has 188 valence electrons. The fourth-order valence-electron chi connectivity index (χ4n) is 3.23. The van der Waals surface area contributed by atoms with E-state index in [2.05, 4.69) is 10.9 Å². The Labute approximate surface area is 234 Å². The number of nitrogens with zero attached hydrogens (tertiary/aromatic N) is 2. The SMILES string of the molecule is CC(C)(C(=O)NN(C(=S)c1cccs1)c1ccccc1)C(=O)NN(C(=S)c1cccs1)c1ccccc1. The molecule has 0 atom stereocenters. The van der Waals surface area contributed by atoms with Crippen molar-refractivity contribution in [2.75, 3.05) is 10.0 Å². The minimum Gasteiger partial charge on any atom is -0.272 e. The highest BCUT2D eigenvalue weighted by Crippen LogP contribution is 2.24. The Balaban J connectivity index is 1.58. The smallest absolute Gasteiger partial charge is 0.254 e. The van der Waals surface area contributed by atoms with Crippen LogP contribution in [0.25, 0.3) is 0 Å². The molecule has 2 N–H and O–H groups in total. The summed E-state index contributed by atoms with van der Waals surface area (Å²) in [6.45, 7) is 3.12. The van der Waals surface area contributed by atoms with Crippen LogP contribution in [0.15, 0.2) is 95.7 Å². The largest absolute Gasteiger partial charge is 0.272 e. The Kier molecular flexibility index (Phi) is 8.45. The number of amides is 2. The Hall–Kier alpha value is -3.44. The molecule has 0 saturated carbocycles. The van der Waals surface area contributed by atoms with Crippen molar-refractivity contribution in [2.24, 2.45) is 5.41 Å². The second-order valence-corrected chi connectivity index (χ2v) is 11.1. The van der Waals surface area contributed by atoms with Gasteiger partial charge in [0.05, 0.1) is 21.1 Å². The predicted molar refractivity (Wildman–Crippen MR) is 160 cm³/mol. The topological polar surface area (TPSA) is 64.7 Å². The van der Waals surface area contributed by atoms with Crippen LogP contribution in [0, 0.1) is 5.41 Å². The summed E-state index contributed by atoms with van der Waals surface area (Å²) in [6.07, 6.45) is 0. The first kappa shape index (κ1) is 26.6. The molecule has 0 bridgehead atoms. The van der Waals surface area contributed by atoms with E-state index in [1.807, 2.05) is 95.7 Å². The summed E-state index contributed by atoms with van der Waals surface area (Å²) in [5, 5.41) is 6.89. The molecule has 0 unspecified atom stereocenters. The molecule has 6 nitrogen and oxygen atoms in total. The number of rotatable bonds is 6. The maximum atomic E-state index is 13.6. The number of thiophene rings is 2. The highest BCUT2D eigenvalue weighted by molar-refractivity contribution is 7.81. The van der Waals surface area contributed by atoms with Gasteiger partial charge in [0, 0.05) is 0 Å². The molecule has 0 aliphatic rings. The average Bonchev–Trinajstić information content (AvgIpc) is 3.65. The summed E-state index contributed by atoms with van der Waals surface area (Å²) >= 11 is 14.3.